The van der Waals surface area contributed by atoms with E-state index in [0.29, 0.717) is 21.8 Å². The molecule has 176 valence electrons. The molecule has 3 aromatic carbocycles. The van der Waals surface area contributed by atoms with Crippen molar-refractivity contribution in [1.82, 2.24) is 9.29 Å². The predicted molar refractivity (Wildman–Crippen MR) is 136 cm³/mol. The Hall–Kier alpha value is -2.65. The van der Waals surface area contributed by atoms with E-state index in [1.54, 1.807) is 42.0 Å². The van der Waals surface area contributed by atoms with Crippen LogP contribution in [0.2, 0.25) is 5.02 Å². The van der Waals surface area contributed by atoms with Crippen LogP contribution in [0.1, 0.15) is 35.6 Å². The largest absolute Gasteiger partial charge is 0.497 e. The van der Waals surface area contributed by atoms with Crippen molar-refractivity contribution in [1.29, 1.82) is 0 Å². The van der Waals surface area contributed by atoms with Gasteiger partial charge in [-0.3, -0.25) is 9.36 Å². The Morgan fingerprint density at radius 2 is 1.91 bits per heavy atom. The van der Waals surface area contributed by atoms with Gasteiger partial charge in [-0.2, -0.15) is 0 Å². The molecule has 0 fully saturated rings. The fourth-order valence-corrected chi connectivity index (χ4v) is 6.84. The summed E-state index contributed by atoms with van der Waals surface area (Å²) in [6.07, 6.45) is 2.51. The fourth-order valence-electron chi connectivity index (χ4n) is 4.43. The lowest BCUT2D eigenvalue weighted by Crippen LogP contribution is -2.31. The van der Waals surface area contributed by atoms with Crippen LogP contribution in [0.4, 0.5) is 0 Å². The van der Waals surface area contributed by atoms with E-state index < -0.39 is 10.0 Å². The number of halogens is 1. The third-order valence-corrected chi connectivity index (χ3v) is 8.83. The van der Waals surface area contributed by atoms with E-state index in [2.05, 4.69) is 4.72 Å². The molecule has 4 aromatic rings. The Balaban J connectivity index is 1.43. The summed E-state index contributed by atoms with van der Waals surface area (Å²) in [7, 11) is -2.15. The van der Waals surface area contributed by atoms with E-state index >= 15 is 0 Å². The van der Waals surface area contributed by atoms with E-state index in [1.165, 1.54) is 0 Å². The minimum atomic E-state index is -3.78. The summed E-state index contributed by atoms with van der Waals surface area (Å²) >= 11 is 7.00. The maximum absolute atomic E-state index is 13.3. The van der Waals surface area contributed by atoms with E-state index in [1.807, 2.05) is 30.3 Å². The summed E-state index contributed by atoms with van der Waals surface area (Å²) < 4.78 is 37.0. The number of hydrogen-bond acceptors (Lipinski definition) is 5. The molecule has 0 bridgehead atoms. The highest BCUT2D eigenvalue weighted by Gasteiger charge is 2.26. The number of thiazole rings is 1. The van der Waals surface area contributed by atoms with Gasteiger partial charge in [0.15, 0.2) is 0 Å². The smallest absolute Gasteiger partial charge is 0.308 e. The van der Waals surface area contributed by atoms with Gasteiger partial charge in [-0.1, -0.05) is 41.1 Å². The molecular weight excluding hydrogens is 492 g/mol. The Bertz CT molecular complexity index is 1530. The second kappa shape index (κ2) is 9.19. The van der Waals surface area contributed by atoms with Crippen LogP contribution in [0.3, 0.4) is 0 Å². The second-order valence-corrected chi connectivity index (χ2v) is 11.5. The van der Waals surface area contributed by atoms with Crippen molar-refractivity contribution in [2.24, 2.45) is 0 Å². The zero-order chi connectivity index (χ0) is 23.9. The van der Waals surface area contributed by atoms with Crippen molar-refractivity contribution >= 4 is 43.2 Å². The van der Waals surface area contributed by atoms with Crippen molar-refractivity contribution in [3.63, 3.8) is 0 Å². The molecule has 0 amide bonds. The maximum Gasteiger partial charge on any atom is 0.308 e. The molecule has 0 unspecified atom stereocenters. The number of hydrogen-bond donors (Lipinski definition) is 1. The number of aryl methyl sites for hydroxylation is 1. The van der Waals surface area contributed by atoms with Crippen LogP contribution >= 0.6 is 22.9 Å². The molecule has 1 aliphatic rings. The molecule has 0 spiro atoms. The van der Waals surface area contributed by atoms with Gasteiger partial charge in [-0.25, -0.2) is 13.1 Å². The van der Waals surface area contributed by atoms with Crippen molar-refractivity contribution in [3.8, 4) is 5.75 Å². The average Bonchev–Trinajstić information content (AvgIpc) is 3.14. The summed E-state index contributed by atoms with van der Waals surface area (Å²) in [6.45, 7) is 0.392. The summed E-state index contributed by atoms with van der Waals surface area (Å²) in [4.78, 5) is 12.7. The Kier molecular flexibility index (Phi) is 6.24. The molecule has 0 saturated heterocycles. The number of nitrogens with zero attached hydrogens (tertiary/aromatic N) is 1. The molecule has 6 nitrogen and oxygen atoms in total. The molecule has 0 saturated carbocycles. The van der Waals surface area contributed by atoms with Gasteiger partial charge in [0.2, 0.25) is 10.0 Å². The number of fused-ring (bicyclic) bond motifs is 2. The maximum atomic E-state index is 13.3. The summed E-state index contributed by atoms with van der Waals surface area (Å²) in [5.41, 5.74) is 3.73. The quantitative estimate of drug-likeness (QED) is 0.387. The highest BCUT2D eigenvalue weighted by Crippen LogP contribution is 2.33. The Labute approximate surface area is 206 Å². The molecule has 1 aromatic heterocycles. The topological polar surface area (TPSA) is 77.4 Å². The Morgan fingerprint density at radius 1 is 1.12 bits per heavy atom. The molecule has 1 atom stereocenters. The lowest BCUT2D eigenvalue weighted by molar-refractivity contribution is 0.412. The molecular formula is C25H23ClN2O4S2. The van der Waals surface area contributed by atoms with Gasteiger partial charge in [0, 0.05) is 11.1 Å². The van der Waals surface area contributed by atoms with Crippen molar-refractivity contribution in [2.75, 3.05) is 7.11 Å². The third kappa shape index (κ3) is 4.51. The molecule has 5 rings (SSSR count). The van der Waals surface area contributed by atoms with Gasteiger partial charge in [0.05, 0.1) is 28.8 Å². The normalized spacial score (nSPS) is 15.9. The monoisotopic (exact) mass is 514 g/mol. The summed E-state index contributed by atoms with van der Waals surface area (Å²) in [6, 6.07) is 17.6. The first kappa shape index (κ1) is 23.1. The lowest BCUT2D eigenvalue weighted by atomic mass is 9.88. The van der Waals surface area contributed by atoms with Crippen LogP contribution < -0.4 is 14.3 Å². The summed E-state index contributed by atoms with van der Waals surface area (Å²) in [5.74, 6) is 0.769. The average molecular weight is 515 g/mol. The molecule has 0 radical (unpaired) electrons. The molecule has 34 heavy (non-hydrogen) atoms. The first-order valence-electron chi connectivity index (χ1n) is 10.9. The van der Waals surface area contributed by atoms with Gasteiger partial charge < -0.3 is 4.74 Å². The van der Waals surface area contributed by atoms with Crippen LogP contribution in [0, 0.1) is 0 Å². The lowest BCUT2D eigenvalue weighted by Gasteiger charge is -2.26. The number of rotatable bonds is 6. The van der Waals surface area contributed by atoms with E-state index in [0.717, 1.165) is 53.0 Å². The van der Waals surface area contributed by atoms with Crippen molar-refractivity contribution < 1.29 is 13.2 Å². The molecule has 1 N–H and O–H groups in total. The SMILES string of the molecule is COc1ccc2c(c1)CCC[C@@H]2NS(=O)(=O)c1ccc2c(c1)sc(=O)n2Cc1ccc(Cl)cc1. The second-order valence-electron chi connectivity index (χ2n) is 8.34. The minimum Gasteiger partial charge on any atom is -0.497 e. The van der Waals surface area contributed by atoms with Gasteiger partial charge in [0.25, 0.3) is 0 Å². The molecule has 1 heterocycles. The van der Waals surface area contributed by atoms with Crippen LogP contribution in [0.25, 0.3) is 10.2 Å². The first-order valence-corrected chi connectivity index (χ1v) is 13.6. The van der Waals surface area contributed by atoms with Gasteiger partial charge in [-0.05, 0) is 78.4 Å². The Morgan fingerprint density at radius 3 is 2.68 bits per heavy atom. The van der Waals surface area contributed by atoms with Crippen LogP contribution in [-0.2, 0) is 23.0 Å². The zero-order valence-electron chi connectivity index (χ0n) is 18.5. The fraction of sp³-hybridized carbons (Fsp3) is 0.240. The molecule has 0 aliphatic heterocycles. The van der Waals surface area contributed by atoms with Gasteiger partial charge in [0.1, 0.15) is 5.75 Å². The van der Waals surface area contributed by atoms with Gasteiger partial charge in [-0.15, -0.1) is 0 Å². The standard InChI is InChI=1S/C25H23ClN2O4S2/c1-32-19-9-11-21-17(13-19)3-2-4-22(21)27-34(30,31)20-10-12-23-24(14-20)33-25(29)28(23)15-16-5-7-18(26)8-6-16/h5-14,22,27H,2-4,15H2,1H3/t22-/m0/s1. The minimum absolute atomic E-state index is 0.136. The zero-order valence-corrected chi connectivity index (χ0v) is 20.8. The van der Waals surface area contributed by atoms with Crippen LogP contribution in [0.15, 0.2) is 70.4 Å². The number of methoxy groups -OCH3 is 1. The molecule has 1 aliphatic carbocycles. The predicted octanol–water partition coefficient (Wildman–Crippen LogP) is 5.13. The third-order valence-electron chi connectivity index (χ3n) is 6.17. The van der Waals surface area contributed by atoms with E-state index in [4.69, 9.17) is 16.3 Å². The van der Waals surface area contributed by atoms with Crippen LogP contribution in [-0.4, -0.2) is 20.1 Å². The summed E-state index contributed by atoms with van der Waals surface area (Å²) in [5, 5.41) is 0.633. The van der Waals surface area contributed by atoms with E-state index in [9.17, 15) is 13.2 Å². The number of aromatic nitrogens is 1. The van der Waals surface area contributed by atoms with Crippen molar-refractivity contribution in [3.05, 3.63) is 92.0 Å². The molecule has 9 heteroatoms. The highest BCUT2D eigenvalue weighted by molar-refractivity contribution is 7.89. The van der Waals surface area contributed by atoms with Crippen molar-refractivity contribution in [2.45, 2.75) is 36.7 Å². The number of ether oxygens (including phenoxy) is 1. The van der Waals surface area contributed by atoms with Gasteiger partial charge >= 0.3 is 4.87 Å². The van der Waals surface area contributed by atoms with E-state index in [-0.39, 0.29) is 15.8 Å². The van der Waals surface area contributed by atoms with Crippen LogP contribution in [0.5, 0.6) is 5.75 Å². The first-order chi connectivity index (χ1) is 16.3. The number of sulfonamides is 1. The highest BCUT2D eigenvalue weighted by atomic mass is 35.5. The number of nitrogens with one attached hydrogen (secondary N) is 1. The number of benzene rings is 3.